The van der Waals surface area contributed by atoms with Crippen LogP contribution in [0, 0.1) is 5.41 Å². The quantitative estimate of drug-likeness (QED) is 0.581. The van der Waals surface area contributed by atoms with Crippen LogP contribution in [0.15, 0.2) is 11.8 Å². The number of alkyl halides is 3. The molecule has 1 aliphatic carbocycles. The van der Waals surface area contributed by atoms with Crippen molar-refractivity contribution in [2.24, 2.45) is 5.41 Å². The average Bonchev–Trinajstić information content (AvgIpc) is 2.14. The monoisotopic (exact) mass is 376 g/mol. The van der Waals surface area contributed by atoms with Gasteiger partial charge in [0, 0.05) is 6.42 Å². The SMILES string of the molecule is CC1(C(=O)O)C=C(OC(F)F)CC(I)(C(=O)O)C1. The highest BCUT2D eigenvalue weighted by Gasteiger charge is 2.50. The molecule has 0 aromatic carbocycles. The molecule has 2 atom stereocenters. The van der Waals surface area contributed by atoms with Gasteiger partial charge in [-0.3, -0.25) is 9.59 Å². The Bertz CT molecular complexity index is 411. The van der Waals surface area contributed by atoms with Crippen molar-refractivity contribution >= 4 is 34.5 Å². The Morgan fingerprint density at radius 1 is 1.44 bits per heavy atom. The maximum absolute atomic E-state index is 12.2. The summed E-state index contributed by atoms with van der Waals surface area (Å²) < 4.78 is 27.0. The Hall–Kier alpha value is -0.930. The summed E-state index contributed by atoms with van der Waals surface area (Å²) in [5.41, 5.74) is -1.54. The van der Waals surface area contributed by atoms with E-state index >= 15 is 0 Å². The molecule has 8 heteroatoms. The number of allylic oxidation sites excluding steroid dienone is 1. The van der Waals surface area contributed by atoms with Crippen molar-refractivity contribution < 1.29 is 33.3 Å². The zero-order valence-electron chi connectivity index (χ0n) is 9.32. The third-order valence-electron chi connectivity index (χ3n) is 2.69. The Morgan fingerprint density at radius 3 is 2.39 bits per heavy atom. The van der Waals surface area contributed by atoms with Crippen molar-refractivity contribution in [1.82, 2.24) is 0 Å². The number of rotatable bonds is 4. The Kier molecular flexibility index (Phi) is 4.19. The van der Waals surface area contributed by atoms with E-state index in [1.807, 2.05) is 0 Å². The van der Waals surface area contributed by atoms with Crippen LogP contribution in [0.5, 0.6) is 0 Å². The maximum Gasteiger partial charge on any atom is 0.387 e. The molecule has 0 saturated heterocycles. The number of carboxylic acid groups (broad SMARTS) is 2. The molecule has 2 N–H and O–H groups in total. The Morgan fingerprint density at radius 2 is 2.00 bits per heavy atom. The van der Waals surface area contributed by atoms with E-state index in [9.17, 15) is 18.4 Å². The summed E-state index contributed by atoms with van der Waals surface area (Å²) in [6, 6.07) is 0. The number of hydrogen-bond acceptors (Lipinski definition) is 3. The van der Waals surface area contributed by atoms with Crippen LogP contribution in [0.1, 0.15) is 19.8 Å². The van der Waals surface area contributed by atoms with E-state index in [1.54, 1.807) is 22.6 Å². The molecular formula is C10H11F2IO5. The van der Waals surface area contributed by atoms with Crippen LogP contribution in [0.2, 0.25) is 0 Å². The first kappa shape index (κ1) is 15.1. The summed E-state index contributed by atoms with van der Waals surface area (Å²) in [6.45, 7) is -1.83. The van der Waals surface area contributed by atoms with Gasteiger partial charge in [-0.15, -0.1) is 0 Å². The van der Waals surface area contributed by atoms with Gasteiger partial charge in [0.1, 0.15) is 9.18 Å². The van der Waals surface area contributed by atoms with E-state index in [2.05, 4.69) is 4.74 Å². The number of ether oxygens (including phenoxy) is 1. The van der Waals surface area contributed by atoms with Gasteiger partial charge >= 0.3 is 18.6 Å². The molecule has 102 valence electrons. The van der Waals surface area contributed by atoms with Crippen molar-refractivity contribution in [3.8, 4) is 0 Å². The summed E-state index contributed by atoms with van der Waals surface area (Å²) in [6.07, 6.45) is 0.596. The van der Waals surface area contributed by atoms with E-state index in [0.717, 1.165) is 6.08 Å². The predicted octanol–water partition coefficient (Wildman–Crippen LogP) is 2.25. The first-order valence-electron chi connectivity index (χ1n) is 4.91. The van der Waals surface area contributed by atoms with E-state index in [0.29, 0.717) is 0 Å². The van der Waals surface area contributed by atoms with Crippen LogP contribution >= 0.6 is 22.6 Å². The molecule has 0 amide bonds. The summed E-state index contributed by atoms with van der Waals surface area (Å²) in [5, 5.41) is 18.2. The van der Waals surface area contributed by atoms with Gasteiger partial charge in [-0.2, -0.15) is 8.78 Å². The van der Waals surface area contributed by atoms with Crippen LogP contribution in [0.25, 0.3) is 0 Å². The zero-order chi connectivity index (χ0) is 14.1. The topological polar surface area (TPSA) is 83.8 Å². The van der Waals surface area contributed by atoms with E-state index < -0.39 is 27.4 Å². The molecule has 0 spiro atoms. The van der Waals surface area contributed by atoms with Gasteiger partial charge in [0.2, 0.25) is 0 Å². The highest BCUT2D eigenvalue weighted by molar-refractivity contribution is 14.1. The van der Waals surface area contributed by atoms with Gasteiger partial charge in [0.05, 0.1) is 5.41 Å². The summed E-state index contributed by atoms with van der Waals surface area (Å²) >= 11 is 1.57. The summed E-state index contributed by atoms with van der Waals surface area (Å²) in [7, 11) is 0. The van der Waals surface area contributed by atoms with Gasteiger partial charge in [-0.25, -0.2) is 0 Å². The third-order valence-corrected chi connectivity index (χ3v) is 3.92. The van der Waals surface area contributed by atoms with Crippen LogP contribution in [0.3, 0.4) is 0 Å². The molecule has 0 radical (unpaired) electrons. The number of hydrogen-bond donors (Lipinski definition) is 2. The molecule has 18 heavy (non-hydrogen) atoms. The molecule has 0 bridgehead atoms. The van der Waals surface area contributed by atoms with Crippen LogP contribution < -0.4 is 0 Å². The average molecular weight is 376 g/mol. The van der Waals surface area contributed by atoms with Crippen molar-refractivity contribution in [3.05, 3.63) is 11.8 Å². The van der Waals surface area contributed by atoms with Gasteiger partial charge < -0.3 is 14.9 Å². The lowest BCUT2D eigenvalue weighted by Gasteiger charge is -2.36. The Balaban J connectivity index is 3.15. The minimum absolute atomic E-state index is 0.193. The lowest BCUT2D eigenvalue weighted by atomic mass is 9.74. The first-order valence-corrected chi connectivity index (χ1v) is 5.99. The third kappa shape index (κ3) is 3.09. The number of aliphatic carboxylic acids is 2. The standard InChI is InChI=1S/C10H11F2IO5/c1-9(6(14)15)2-5(18-8(11)12)3-10(13,4-9)7(16)17/h2,8H,3-4H2,1H3,(H,14,15)(H,16,17). The largest absolute Gasteiger partial charge is 0.481 e. The minimum atomic E-state index is -3.11. The van der Waals surface area contributed by atoms with Gasteiger partial charge in [-0.1, -0.05) is 22.6 Å². The van der Waals surface area contributed by atoms with Gasteiger partial charge in [-0.05, 0) is 19.4 Å². The lowest BCUT2D eigenvalue weighted by Crippen LogP contribution is -2.44. The fraction of sp³-hybridized carbons (Fsp3) is 0.600. The van der Waals surface area contributed by atoms with Crippen LogP contribution in [-0.2, 0) is 14.3 Å². The summed E-state index contributed by atoms with van der Waals surface area (Å²) in [4.78, 5) is 22.3. The molecule has 2 unspecified atom stereocenters. The maximum atomic E-state index is 12.2. The van der Waals surface area contributed by atoms with Crippen LogP contribution in [-0.4, -0.2) is 32.2 Å². The molecule has 0 saturated carbocycles. The zero-order valence-corrected chi connectivity index (χ0v) is 11.5. The minimum Gasteiger partial charge on any atom is -0.481 e. The van der Waals surface area contributed by atoms with Crippen molar-refractivity contribution in [2.75, 3.05) is 0 Å². The fourth-order valence-electron chi connectivity index (χ4n) is 1.86. The fourth-order valence-corrected chi connectivity index (χ4v) is 3.03. The van der Waals surface area contributed by atoms with Gasteiger partial charge in [0.25, 0.3) is 0 Å². The van der Waals surface area contributed by atoms with E-state index in [1.165, 1.54) is 6.92 Å². The number of carboxylic acids is 2. The lowest BCUT2D eigenvalue weighted by molar-refractivity contribution is -0.150. The summed E-state index contributed by atoms with van der Waals surface area (Å²) in [5.74, 6) is -2.84. The highest BCUT2D eigenvalue weighted by atomic mass is 127. The molecule has 5 nitrogen and oxygen atoms in total. The molecule has 0 aromatic rings. The second-order valence-corrected chi connectivity index (χ2v) is 6.40. The normalized spacial score (nSPS) is 31.9. The molecule has 1 rings (SSSR count). The van der Waals surface area contributed by atoms with Gasteiger partial charge in [0.15, 0.2) is 0 Å². The molecule has 0 fully saturated rings. The first-order chi connectivity index (χ1) is 8.09. The predicted molar refractivity (Wildman–Crippen MR) is 64.5 cm³/mol. The van der Waals surface area contributed by atoms with E-state index in [-0.39, 0.29) is 18.6 Å². The molecule has 0 heterocycles. The van der Waals surface area contributed by atoms with Crippen molar-refractivity contribution in [1.29, 1.82) is 0 Å². The highest BCUT2D eigenvalue weighted by Crippen LogP contribution is 2.46. The molecule has 0 aliphatic heterocycles. The smallest absolute Gasteiger partial charge is 0.387 e. The molecule has 0 aromatic heterocycles. The number of halogens is 3. The number of carbonyl (C=O) groups is 2. The Labute approximate surface area is 115 Å². The van der Waals surface area contributed by atoms with Crippen molar-refractivity contribution in [3.63, 3.8) is 0 Å². The second-order valence-electron chi connectivity index (χ2n) is 4.34. The molecule has 1 aliphatic rings. The van der Waals surface area contributed by atoms with E-state index in [4.69, 9.17) is 10.2 Å². The van der Waals surface area contributed by atoms with Crippen LogP contribution in [0.4, 0.5) is 8.78 Å². The second kappa shape index (κ2) is 4.98. The van der Waals surface area contributed by atoms with Crippen molar-refractivity contribution in [2.45, 2.75) is 29.8 Å². The molecular weight excluding hydrogens is 365 g/mol.